The van der Waals surface area contributed by atoms with Crippen molar-refractivity contribution in [1.82, 2.24) is 5.32 Å². The number of hydrogen-bond donors (Lipinski definition) is 1. The van der Waals surface area contributed by atoms with Gasteiger partial charge < -0.3 is 5.32 Å². The standard InChI is InChI=1S/C16H22ClN/c1-11(12-4-2-3-5-12)18-16-9-13-6-7-15(17)8-14(13)10-16/h6-8,11-12,16,18H,2-5,9-10H2,1H3. The summed E-state index contributed by atoms with van der Waals surface area (Å²) in [5.74, 6) is 0.900. The third-order valence-corrected chi connectivity index (χ3v) is 4.94. The highest BCUT2D eigenvalue weighted by Gasteiger charge is 2.27. The highest BCUT2D eigenvalue weighted by molar-refractivity contribution is 6.30. The topological polar surface area (TPSA) is 12.0 Å². The zero-order chi connectivity index (χ0) is 12.5. The third kappa shape index (κ3) is 2.57. The van der Waals surface area contributed by atoms with Crippen LogP contribution in [0, 0.1) is 5.92 Å². The first-order valence-electron chi connectivity index (χ1n) is 7.26. The van der Waals surface area contributed by atoms with Crippen molar-refractivity contribution in [2.45, 2.75) is 57.5 Å². The van der Waals surface area contributed by atoms with Crippen molar-refractivity contribution in [2.24, 2.45) is 5.92 Å². The van der Waals surface area contributed by atoms with Gasteiger partial charge in [0.1, 0.15) is 0 Å². The van der Waals surface area contributed by atoms with Crippen molar-refractivity contribution in [3.63, 3.8) is 0 Å². The van der Waals surface area contributed by atoms with Crippen LogP contribution in [0.15, 0.2) is 18.2 Å². The summed E-state index contributed by atoms with van der Waals surface area (Å²) in [5, 5.41) is 4.72. The summed E-state index contributed by atoms with van der Waals surface area (Å²) in [7, 11) is 0. The van der Waals surface area contributed by atoms with Crippen molar-refractivity contribution in [3.8, 4) is 0 Å². The molecular formula is C16H22ClN. The van der Waals surface area contributed by atoms with Gasteiger partial charge in [-0.2, -0.15) is 0 Å². The molecule has 0 bridgehead atoms. The molecule has 0 aliphatic heterocycles. The normalized spacial score (nSPS) is 25.3. The van der Waals surface area contributed by atoms with Crippen molar-refractivity contribution >= 4 is 11.6 Å². The SMILES string of the molecule is CC(NC1Cc2ccc(Cl)cc2C1)C1CCCC1. The van der Waals surface area contributed by atoms with E-state index in [1.165, 1.54) is 43.2 Å². The van der Waals surface area contributed by atoms with Crippen LogP contribution in [0.2, 0.25) is 5.02 Å². The largest absolute Gasteiger partial charge is 0.311 e. The first kappa shape index (κ1) is 12.5. The molecule has 18 heavy (non-hydrogen) atoms. The molecule has 0 aromatic heterocycles. The Labute approximate surface area is 115 Å². The van der Waals surface area contributed by atoms with Crippen LogP contribution in [0.4, 0.5) is 0 Å². The van der Waals surface area contributed by atoms with Crippen LogP contribution in [0.1, 0.15) is 43.7 Å². The Morgan fingerprint density at radius 1 is 1.17 bits per heavy atom. The fourth-order valence-electron chi connectivity index (χ4n) is 3.67. The lowest BCUT2D eigenvalue weighted by Gasteiger charge is -2.24. The molecule has 0 radical (unpaired) electrons. The Balaban J connectivity index is 1.60. The second-order valence-corrected chi connectivity index (χ2v) is 6.45. The molecule has 0 heterocycles. The van der Waals surface area contributed by atoms with Crippen molar-refractivity contribution in [3.05, 3.63) is 34.3 Å². The highest BCUT2D eigenvalue weighted by Crippen LogP contribution is 2.30. The molecule has 1 nitrogen and oxygen atoms in total. The molecular weight excluding hydrogens is 242 g/mol. The summed E-state index contributed by atoms with van der Waals surface area (Å²) >= 11 is 6.06. The Morgan fingerprint density at radius 2 is 1.89 bits per heavy atom. The molecule has 1 aromatic carbocycles. The molecule has 0 amide bonds. The van der Waals surface area contributed by atoms with Crippen LogP contribution in [-0.4, -0.2) is 12.1 Å². The maximum atomic E-state index is 6.06. The zero-order valence-corrected chi connectivity index (χ0v) is 11.8. The molecule has 1 aromatic rings. The molecule has 98 valence electrons. The quantitative estimate of drug-likeness (QED) is 0.870. The fourth-order valence-corrected chi connectivity index (χ4v) is 3.86. The fraction of sp³-hybridized carbons (Fsp3) is 0.625. The van der Waals surface area contributed by atoms with Crippen molar-refractivity contribution in [1.29, 1.82) is 0 Å². The average Bonchev–Trinajstić information content (AvgIpc) is 2.95. The first-order chi connectivity index (χ1) is 8.72. The van der Waals surface area contributed by atoms with E-state index < -0.39 is 0 Å². The molecule has 2 atom stereocenters. The number of hydrogen-bond acceptors (Lipinski definition) is 1. The van der Waals surface area contributed by atoms with E-state index in [9.17, 15) is 0 Å². The van der Waals surface area contributed by atoms with Gasteiger partial charge in [-0.25, -0.2) is 0 Å². The number of fused-ring (bicyclic) bond motifs is 1. The van der Waals surface area contributed by atoms with E-state index in [0.29, 0.717) is 12.1 Å². The van der Waals surface area contributed by atoms with Crippen LogP contribution in [0.3, 0.4) is 0 Å². The maximum Gasteiger partial charge on any atom is 0.0408 e. The summed E-state index contributed by atoms with van der Waals surface area (Å²) in [6.45, 7) is 2.37. The van der Waals surface area contributed by atoms with Gasteiger partial charge in [0.15, 0.2) is 0 Å². The maximum absolute atomic E-state index is 6.06. The predicted molar refractivity (Wildman–Crippen MR) is 77.2 cm³/mol. The average molecular weight is 264 g/mol. The van der Waals surface area contributed by atoms with E-state index in [1.54, 1.807) is 0 Å². The Bertz CT molecular complexity index is 423. The highest BCUT2D eigenvalue weighted by atomic mass is 35.5. The van der Waals surface area contributed by atoms with Crippen LogP contribution >= 0.6 is 11.6 Å². The second-order valence-electron chi connectivity index (χ2n) is 6.02. The van der Waals surface area contributed by atoms with Crippen LogP contribution in [-0.2, 0) is 12.8 Å². The lowest BCUT2D eigenvalue weighted by Crippen LogP contribution is -2.40. The van der Waals surface area contributed by atoms with Gasteiger partial charge in [0.2, 0.25) is 0 Å². The van der Waals surface area contributed by atoms with Gasteiger partial charge in [0.05, 0.1) is 0 Å². The van der Waals surface area contributed by atoms with Gasteiger partial charge in [-0.05, 0) is 61.8 Å². The number of halogens is 1. The second kappa shape index (κ2) is 5.22. The summed E-state index contributed by atoms with van der Waals surface area (Å²) in [6.07, 6.45) is 8.00. The molecule has 1 N–H and O–H groups in total. The lowest BCUT2D eigenvalue weighted by molar-refractivity contribution is 0.344. The molecule has 0 saturated heterocycles. The minimum absolute atomic E-state index is 0.620. The summed E-state index contributed by atoms with van der Waals surface area (Å²) in [4.78, 5) is 0. The van der Waals surface area contributed by atoms with E-state index >= 15 is 0 Å². The van der Waals surface area contributed by atoms with E-state index in [0.717, 1.165) is 17.4 Å². The summed E-state index contributed by atoms with van der Waals surface area (Å²) in [6, 6.07) is 7.64. The Morgan fingerprint density at radius 3 is 2.67 bits per heavy atom. The molecule has 1 fully saturated rings. The van der Waals surface area contributed by atoms with E-state index in [4.69, 9.17) is 11.6 Å². The molecule has 2 aliphatic carbocycles. The van der Waals surface area contributed by atoms with Crippen molar-refractivity contribution in [2.75, 3.05) is 0 Å². The first-order valence-corrected chi connectivity index (χ1v) is 7.63. The Kier molecular flexibility index (Phi) is 3.63. The van der Waals surface area contributed by atoms with Gasteiger partial charge in [-0.15, -0.1) is 0 Å². The molecule has 0 spiro atoms. The minimum atomic E-state index is 0.620. The summed E-state index contributed by atoms with van der Waals surface area (Å²) in [5.41, 5.74) is 2.93. The third-order valence-electron chi connectivity index (χ3n) is 4.71. The zero-order valence-electron chi connectivity index (χ0n) is 11.1. The van der Waals surface area contributed by atoms with Gasteiger partial charge in [-0.3, -0.25) is 0 Å². The van der Waals surface area contributed by atoms with E-state index in [1.807, 2.05) is 6.07 Å². The van der Waals surface area contributed by atoms with E-state index in [-0.39, 0.29) is 0 Å². The number of benzene rings is 1. The molecule has 2 unspecified atom stereocenters. The smallest absolute Gasteiger partial charge is 0.0408 e. The molecule has 3 rings (SSSR count). The lowest BCUT2D eigenvalue weighted by atomic mass is 9.98. The summed E-state index contributed by atoms with van der Waals surface area (Å²) < 4.78 is 0. The molecule has 1 saturated carbocycles. The monoisotopic (exact) mass is 263 g/mol. The molecule has 2 heteroatoms. The van der Waals surface area contributed by atoms with Crippen LogP contribution in [0.5, 0.6) is 0 Å². The minimum Gasteiger partial charge on any atom is -0.311 e. The van der Waals surface area contributed by atoms with Gasteiger partial charge in [0.25, 0.3) is 0 Å². The predicted octanol–water partition coefficient (Wildman–Crippen LogP) is 3.98. The molecule has 2 aliphatic rings. The van der Waals surface area contributed by atoms with Gasteiger partial charge >= 0.3 is 0 Å². The Hall–Kier alpha value is -0.530. The van der Waals surface area contributed by atoms with Crippen LogP contribution < -0.4 is 5.32 Å². The van der Waals surface area contributed by atoms with E-state index in [2.05, 4.69) is 24.4 Å². The van der Waals surface area contributed by atoms with Crippen molar-refractivity contribution < 1.29 is 0 Å². The number of nitrogens with one attached hydrogen (secondary N) is 1. The van der Waals surface area contributed by atoms with Gasteiger partial charge in [-0.1, -0.05) is 30.5 Å². The van der Waals surface area contributed by atoms with Gasteiger partial charge in [0, 0.05) is 17.1 Å². The number of rotatable bonds is 3. The van der Waals surface area contributed by atoms with Crippen LogP contribution in [0.25, 0.3) is 0 Å².